The van der Waals surface area contributed by atoms with Crippen molar-refractivity contribution in [3.63, 3.8) is 0 Å². The molecule has 2 amide bonds. The number of carbonyl (C=O) groups is 2. The molecule has 148 valence electrons. The summed E-state index contributed by atoms with van der Waals surface area (Å²) in [6.07, 6.45) is 0.842. The van der Waals surface area contributed by atoms with Crippen LogP contribution in [-0.2, 0) is 6.54 Å². The van der Waals surface area contributed by atoms with Crippen LogP contribution in [0.5, 0.6) is 11.5 Å². The molecular weight excluding hydrogens is 360 g/mol. The Hall–Kier alpha value is -3.13. The van der Waals surface area contributed by atoms with E-state index in [0.717, 1.165) is 18.5 Å². The first kappa shape index (κ1) is 19.6. The first-order chi connectivity index (χ1) is 13.5. The molecule has 0 saturated carbocycles. The number of nitrogens with zero attached hydrogens (tertiary/aromatic N) is 2. The minimum atomic E-state index is -0.347. The predicted octanol–water partition coefficient (Wildman–Crippen LogP) is 1.42. The Morgan fingerprint density at radius 1 is 1.04 bits per heavy atom. The third kappa shape index (κ3) is 5.20. The van der Waals surface area contributed by atoms with E-state index in [-0.39, 0.29) is 30.0 Å². The van der Waals surface area contributed by atoms with Gasteiger partial charge < -0.3 is 25.0 Å². The lowest BCUT2D eigenvalue weighted by Gasteiger charge is -2.10. The van der Waals surface area contributed by atoms with Crippen molar-refractivity contribution >= 4 is 11.8 Å². The minimum Gasteiger partial charge on any atom is -0.454 e. The molecule has 0 unspecified atom stereocenters. The zero-order chi connectivity index (χ0) is 19.9. The van der Waals surface area contributed by atoms with Crippen LogP contribution in [0.2, 0.25) is 0 Å². The second-order valence-corrected chi connectivity index (χ2v) is 6.69. The number of aromatic nitrogens is 1. The maximum Gasteiger partial charge on any atom is 0.270 e. The Bertz CT molecular complexity index is 854. The Morgan fingerprint density at radius 2 is 1.75 bits per heavy atom. The standard InChI is InChI=1S/C20H24N4O4/c1-24(2)10-4-9-21-19(25)15-5-3-6-16(23-15)20(26)22-12-14-7-8-17-18(11-14)28-13-27-17/h3,5-8,11H,4,9-10,12-13H2,1-2H3,(H,21,25)(H,22,26). The van der Waals surface area contributed by atoms with E-state index >= 15 is 0 Å². The molecule has 2 N–H and O–H groups in total. The summed E-state index contributed by atoms with van der Waals surface area (Å²) in [6.45, 7) is 1.96. The van der Waals surface area contributed by atoms with Gasteiger partial charge in [-0.15, -0.1) is 0 Å². The van der Waals surface area contributed by atoms with Gasteiger partial charge in [0.15, 0.2) is 11.5 Å². The minimum absolute atomic E-state index is 0.196. The van der Waals surface area contributed by atoms with Crippen molar-refractivity contribution in [2.24, 2.45) is 0 Å². The Kier molecular flexibility index (Phi) is 6.44. The number of hydrogen-bond acceptors (Lipinski definition) is 6. The molecule has 0 atom stereocenters. The highest BCUT2D eigenvalue weighted by molar-refractivity contribution is 5.96. The lowest BCUT2D eigenvalue weighted by atomic mass is 10.2. The van der Waals surface area contributed by atoms with Crippen molar-refractivity contribution in [2.75, 3.05) is 34.0 Å². The maximum absolute atomic E-state index is 12.4. The molecule has 8 heteroatoms. The first-order valence-corrected chi connectivity index (χ1v) is 9.09. The van der Waals surface area contributed by atoms with Gasteiger partial charge >= 0.3 is 0 Å². The highest BCUT2D eigenvalue weighted by atomic mass is 16.7. The number of carbonyl (C=O) groups excluding carboxylic acids is 2. The molecule has 0 spiro atoms. The van der Waals surface area contributed by atoms with E-state index in [1.807, 2.05) is 32.3 Å². The summed E-state index contributed by atoms with van der Waals surface area (Å²) in [6, 6.07) is 10.3. The van der Waals surface area contributed by atoms with E-state index in [9.17, 15) is 9.59 Å². The normalized spacial score (nSPS) is 12.1. The molecule has 1 aromatic carbocycles. The fourth-order valence-corrected chi connectivity index (χ4v) is 2.70. The molecular formula is C20H24N4O4. The van der Waals surface area contributed by atoms with Gasteiger partial charge in [0.05, 0.1) is 0 Å². The van der Waals surface area contributed by atoms with Crippen LogP contribution in [-0.4, -0.2) is 55.7 Å². The summed E-state index contributed by atoms with van der Waals surface area (Å²) in [5, 5.41) is 5.62. The van der Waals surface area contributed by atoms with E-state index < -0.39 is 0 Å². The van der Waals surface area contributed by atoms with Crippen molar-refractivity contribution in [1.29, 1.82) is 0 Å². The largest absolute Gasteiger partial charge is 0.454 e. The summed E-state index contributed by atoms with van der Waals surface area (Å²) in [5.74, 6) is 0.725. The van der Waals surface area contributed by atoms with Crippen LogP contribution in [0.25, 0.3) is 0 Å². The summed E-state index contributed by atoms with van der Waals surface area (Å²) in [4.78, 5) is 30.8. The van der Waals surface area contributed by atoms with E-state index in [2.05, 4.69) is 20.5 Å². The Balaban J connectivity index is 1.54. The molecule has 2 aromatic rings. The van der Waals surface area contributed by atoms with Crippen molar-refractivity contribution in [1.82, 2.24) is 20.5 Å². The van der Waals surface area contributed by atoms with Gasteiger partial charge in [-0.05, 0) is 56.9 Å². The zero-order valence-corrected chi connectivity index (χ0v) is 16.0. The molecule has 1 aromatic heterocycles. The van der Waals surface area contributed by atoms with Crippen LogP contribution in [0.3, 0.4) is 0 Å². The molecule has 1 aliphatic heterocycles. The highest BCUT2D eigenvalue weighted by Gasteiger charge is 2.15. The highest BCUT2D eigenvalue weighted by Crippen LogP contribution is 2.32. The van der Waals surface area contributed by atoms with E-state index in [1.54, 1.807) is 18.2 Å². The number of fused-ring (bicyclic) bond motifs is 1. The second-order valence-electron chi connectivity index (χ2n) is 6.69. The molecule has 3 rings (SSSR count). The van der Waals surface area contributed by atoms with Crippen LogP contribution in [0.4, 0.5) is 0 Å². The number of rotatable bonds is 8. The molecule has 0 saturated heterocycles. The molecule has 0 bridgehead atoms. The van der Waals surface area contributed by atoms with Crippen molar-refractivity contribution < 1.29 is 19.1 Å². The van der Waals surface area contributed by atoms with Gasteiger partial charge in [0, 0.05) is 13.1 Å². The third-order valence-corrected chi connectivity index (χ3v) is 4.17. The summed E-state index contributed by atoms with van der Waals surface area (Å²) < 4.78 is 10.6. The number of pyridine rings is 1. The van der Waals surface area contributed by atoms with Gasteiger partial charge in [-0.1, -0.05) is 12.1 Å². The second kappa shape index (κ2) is 9.18. The third-order valence-electron chi connectivity index (χ3n) is 4.17. The molecule has 2 heterocycles. The van der Waals surface area contributed by atoms with Gasteiger partial charge in [-0.25, -0.2) is 4.98 Å². The predicted molar refractivity (Wildman–Crippen MR) is 103 cm³/mol. The smallest absolute Gasteiger partial charge is 0.270 e. The number of nitrogens with one attached hydrogen (secondary N) is 2. The lowest BCUT2D eigenvalue weighted by molar-refractivity contribution is 0.0942. The molecule has 8 nitrogen and oxygen atoms in total. The molecule has 28 heavy (non-hydrogen) atoms. The summed E-state index contributed by atoms with van der Waals surface area (Å²) in [5.41, 5.74) is 1.30. The Labute approximate surface area is 163 Å². The van der Waals surface area contributed by atoms with E-state index in [0.29, 0.717) is 24.6 Å². The van der Waals surface area contributed by atoms with Crippen molar-refractivity contribution in [3.8, 4) is 11.5 Å². The summed E-state index contributed by atoms with van der Waals surface area (Å²) in [7, 11) is 3.96. The SMILES string of the molecule is CN(C)CCCNC(=O)c1cccc(C(=O)NCc2ccc3c(c2)OCO3)n1. The fourth-order valence-electron chi connectivity index (χ4n) is 2.70. The summed E-state index contributed by atoms with van der Waals surface area (Å²) >= 11 is 0. The van der Waals surface area contributed by atoms with E-state index in [4.69, 9.17) is 9.47 Å². The molecule has 1 aliphatic rings. The maximum atomic E-state index is 12.4. The van der Waals surface area contributed by atoms with Gasteiger partial charge in [0.2, 0.25) is 6.79 Å². The number of hydrogen-bond donors (Lipinski definition) is 2. The molecule has 0 fully saturated rings. The first-order valence-electron chi connectivity index (χ1n) is 9.09. The monoisotopic (exact) mass is 384 g/mol. The van der Waals surface area contributed by atoms with Crippen LogP contribution in [0.1, 0.15) is 33.0 Å². The fraction of sp³-hybridized carbons (Fsp3) is 0.350. The van der Waals surface area contributed by atoms with Crippen LogP contribution in [0, 0.1) is 0 Å². The van der Waals surface area contributed by atoms with Gasteiger partial charge in [-0.3, -0.25) is 9.59 Å². The lowest BCUT2D eigenvalue weighted by Crippen LogP contribution is -2.29. The number of benzene rings is 1. The molecule has 0 aliphatic carbocycles. The Morgan fingerprint density at radius 3 is 2.50 bits per heavy atom. The topological polar surface area (TPSA) is 92.8 Å². The number of amides is 2. The van der Waals surface area contributed by atoms with Crippen LogP contribution in [0.15, 0.2) is 36.4 Å². The van der Waals surface area contributed by atoms with Crippen LogP contribution < -0.4 is 20.1 Å². The average Bonchev–Trinajstić information content (AvgIpc) is 3.17. The van der Waals surface area contributed by atoms with Crippen molar-refractivity contribution in [2.45, 2.75) is 13.0 Å². The van der Waals surface area contributed by atoms with E-state index in [1.165, 1.54) is 0 Å². The van der Waals surface area contributed by atoms with Crippen LogP contribution >= 0.6 is 0 Å². The van der Waals surface area contributed by atoms with Crippen molar-refractivity contribution in [3.05, 3.63) is 53.3 Å². The zero-order valence-electron chi connectivity index (χ0n) is 16.0. The quantitative estimate of drug-likeness (QED) is 0.669. The van der Waals surface area contributed by atoms with Gasteiger partial charge in [0.25, 0.3) is 11.8 Å². The van der Waals surface area contributed by atoms with Gasteiger partial charge in [-0.2, -0.15) is 0 Å². The molecule has 0 radical (unpaired) electrons. The van der Waals surface area contributed by atoms with Gasteiger partial charge in [0.1, 0.15) is 11.4 Å². The number of ether oxygens (including phenoxy) is 2. The average molecular weight is 384 g/mol.